The quantitative estimate of drug-likeness (QED) is 0.601. The first kappa shape index (κ1) is 6.00. The summed E-state index contributed by atoms with van der Waals surface area (Å²) in [6.07, 6.45) is 0. The van der Waals surface area contributed by atoms with Crippen molar-refractivity contribution in [3.8, 4) is 0 Å². The van der Waals surface area contributed by atoms with Gasteiger partial charge >= 0.3 is 0 Å². The normalized spacial score (nSPS) is 10.4. The number of fused-ring (bicyclic) bond motifs is 1. The molecule has 0 atom stereocenters. The van der Waals surface area contributed by atoms with Gasteiger partial charge in [0, 0.05) is 0 Å². The average molecular weight is 169 g/mol. The van der Waals surface area contributed by atoms with Crippen molar-refractivity contribution in [2.45, 2.75) is 0 Å². The van der Waals surface area contributed by atoms with Crippen molar-refractivity contribution in [3.05, 3.63) is 27.3 Å². The highest BCUT2D eigenvalue weighted by Crippen LogP contribution is 2.19. The summed E-state index contributed by atoms with van der Waals surface area (Å²) in [5, 5.41) is 2.65. The van der Waals surface area contributed by atoms with E-state index in [9.17, 15) is 4.79 Å². The van der Waals surface area contributed by atoms with Crippen LogP contribution in [0.5, 0.6) is 0 Å². The summed E-state index contributed by atoms with van der Waals surface area (Å²) in [4.78, 5) is 14.6. The van der Waals surface area contributed by atoms with Gasteiger partial charge in [-0.25, -0.2) is 4.98 Å². The van der Waals surface area contributed by atoms with Crippen molar-refractivity contribution >= 4 is 32.1 Å². The predicted octanol–water partition coefficient (Wildman–Crippen LogP) is 1.72. The summed E-state index contributed by atoms with van der Waals surface area (Å²) in [5.74, 6) is 0. The van der Waals surface area contributed by atoms with Crippen LogP contribution in [0.15, 0.2) is 21.8 Å². The third kappa shape index (κ3) is 0.767. The number of nitrogens with zero attached hydrogens (tertiary/aromatic N) is 1. The van der Waals surface area contributed by atoms with Crippen LogP contribution in [0, 0.1) is 0 Å². The van der Waals surface area contributed by atoms with Crippen LogP contribution in [0.3, 0.4) is 0 Å². The van der Waals surface area contributed by atoms with Gasteiger partial charge in [-0.2, -0.15) is 0 Å². The van der Waals surface area contributed by atoms with Crippen LogP contribution in [0.2, 0.25) is 0 Å². The minimum absolute atomic E-state index is 0.116. The van der Waals surface area contributed by atoms with Gasteiger partial charge in [-0.3, -0.25) is 4.79 Å². The monoisotopic (exact) mass is 169 g/mol. The molecule has 0 fully saturated rings. The molecule has 50 valence electrons. The molecule has 4 heteroatoms. The molecule has 0 aliphatic heterocycles. The van der Waals surface area contributed by atoms with E-state index < -0.39 is 0 Å². The molecule has 2 aromatic heterocycles. The Bertz CT molecular complexity index is 403. The molecule has 0 aliphatic carbocycles. The first-order valence-corrected chi connectivity index (χ1v) is 4.45. The molecule has 0 amide bonds. The summed E-state index contributed by atoms with van der Waals surface area (Å²) in [6.45, 7) is 0. The van der Waals surface area contributed by atoms with Gasteiger partial charge in [0.05, 0.1) is 14.9 Å². The highest BCUT2D eigenvalue weighted by molar-refractivity contribution is 7.36. The predicted molar refractivity (Wildman–Crippen MR) is 43.8 cm³/mol. The highest BCUT2D eigenvalue weighted by Gasteiger charge is 1.97. The Balaban J connectivity index is 3.09. The van der Waals surface area contributed by atoms with E-state index in [0.717, 1.165) is 9.40 Å². The number of hydrogen-bond donors (Lipinski definition) is 0. The SMILES string of the molecule is O=c1ncsc2sccc12. The van der Waals surface area contributed by atoms with Crippen molar-refractivity contribution in [2.75, 3.05) is 0 Å². The number of thiophene rings is 1. The fourth-order valence-corrected chi connectivity index (χ4v) is 2.39. The van der Waals surface area contributed by atoms with E-state index in [0.29, 0.717) is 0 Å². The van der Waals surface area contributed by atoms with Crippen LogP contribution < -0.4 is 5.56 Å². The van der Waals surface area contributed by atoms with Crippen LogP contribution in [0.25, 0.3) is 9.40 Å². The molecule has 2 rings (SSSR count). The molecule has 0 saturated heterocycles. The summed E-state index contributed by atoms with van der Waals surface area (Å²) in [5.41, 5.74) is 1.47. The lowest BCUT2D eigenvalue weighted by atomic mass is 10.5. The lowest BCUT2D eigenvalue weighted by molar-refractivity contribution is 1.32. The number of aromatic nitrogens is 1. The molecule has 0 unspecified atom stereocenters. The minimum atomic E-state index is -0.116. The molecular weight excluding hydrogens is 166 g/mol. The van der Waals surface area contributed by atoms with E-state index in [1.807, 2.05) is 11.4 Å². The van der Waals surface area contributed by atoms with Gasteiger partial charge in [0.2, 0.25) is 0 Å². The second-order valence-electron chi connectivity index (χ2n) is 1.78. The Labute approximate surface area is 64.8 Å². The van der Waals surface area contributed by atoms with Gasteiger partial charge in [-0.05, 0) is 11.4 Å². The Morgan fingerprint density at radius 2 is 2.30 bits per heavy atom. The zero-order chi connectivity index (χ0) is 6.97. The highest BCUT2D eigenvalue weighted by atomic mass is 32.2. The van der Waals surface area contributed by atoms with Crippen molar-refractivity contribution in [2.24, 2.45) is 0 Å². The van der Waals surface area contributed by atoms with Gasteiger partial charge in [-0.1, -0.05) is 0 Å². The Kier molecular flexibility index (Phi) is 1.28. The smallest absolute Gasteiger partial charge is 0.267 e. The molecule has 0 bridgehead atoms. The Morgan fingerprint density at radius 3 is 3.10 bits per heavy atom. The van der Waals surface area contributed by atoms with E-state index >= 15 is 0 Å². The van der Waals surface area contributed by atoms with Gasteiger partial charge in [0.15, 0.2) is 0 Å². The van der Waals surface area contributed by atoms with Crippen LogP contribution in [-0.4, -0.2) is 4.98 Å². The Hall–Kier alpha value is -0.740. The summed E-state index contributed by atoms with van der Waals surface area (Å²) >= 11 is 3.09. The first-order valence-electron chi connectivity index (χ1n) is 2.69. The van der Waals surface area contributed by atoms with E-state index in [1.165, 1.54) is 11.3 Å². The van der Waals surface area contributed by atoms with Crippen molar-refractivity contribution in [3.63, 3.8) is 0 Å². The van der Waals surface area contributed by atoms with Crippen LogP contribution in [0.1, 0.15) is 0 Å². The van der Waals surface area contributed by atoms with Crippen molar-refractivity contribution < 1.29 is 0 Å². The topological polar surface area (TPSA) is 30.0 Å². The summed E-state index contributed by atoms with van der Waals surface area (Å²) in [7, 11) is 0. The Morgan fingerprint density at radius 1 is 1.40 bits per heavy atom. The fourth-order valence-electron chi connectivity index (χ4n) is 0.737. The molecular formula is C6H3NOS2. The standard InChI is InChI=1S/C6H3NOS2/c8-5-4-1-2-9-6(4)10-3-7-5/h1-3H. The van der Waals surface area contributed by atoms with E-state index in [-0.39, 0.29) is 5.56 Å². The maximum absolute atomic E-state index is 10.9. The third-order valence-electron chi connectivity index (χ3n) is 1.19. The zero-order valence-corrected chi connectivity index (χ0v) is 6.54. The maximum Gasteiger partial charge on any atom is 0.280 e. The number of rotatable bonds is 0. The second kappa shape index (κ2) is 2.14. The largest absolute Gasteiger partial charge is 0.280 e. The van der Waals surface area contributed by atoms with Gasteiger partial charge in [0.1, 0.15) is 0 Å². The molecule has 2 heterocycles. The van der Waals surface area contributed by atoms with Crippen LogP contribution in [-0.2, 0) is 0 Å². The average Bonchev–Trinajstić information content (AvgIpc) is 2.36. The lowest BCUT2D eigenvalue weighted by Crippen LogP contribution is -2.00. The van der Waals surface area contributed by atoms with Crippen LogP contribution in [0.4, 0.5) is 0 Å². The second-order valence-corrected chi connectivity index (χ2v) is 3.81. The minimum Gasteiger partial charge on any atom is -0.267 e. The molecule has 2 aromatic rings. The van der Waals surface area contributed by atoms with Gasteiger partial charge in [0.25, 0.3) is 5.56 Å². The first-order chi connectivity index (χ1) is 4.88. The molecule has 10 heavy (non-hydrogen) atoms. The molecule has 0 aromatic carbocycles. The van der Waals surface area contributed by atoms with E-state index in [1.54, 1.807) is 16.8 Å². The summed E-state index contributed by atoms with van der Waals surface area (Å²) < 4.78 is 1.06. The van der Waals surface area contributed by atoms with Crippen molar-refractivity contribution in [1.29, 1.82) is 0 Å². The maximum atomic E-state index is 10.9. The molecule has 2 nitrogen and oxygen atoms in total. The van der Waals surface area contributed by atoms with Crippen molar-refractivity contribution in [1.82, 2.24) is 4.98 Å². The van der Waals surface area contributed by atoms with Crippen LogP contribution >= 0.6 is 22.7 Å². The lowest BCUT2D eigenvalue weighted by Gasteiger charge is -1.80. The number of hydrogen-bond acceptors (Lipinski definition) is 4. The molecule has 0 spiro atoms. The van der Waals surface area contributed by atoms with E-state index in [2.05, 4.69) is 4.98 Å². The third-order valence-corrected chi connectivity index (χ3v) is 3.12. The van der Waals surface area contributed by atoms with E-state index in [4.69, 9.17) is 0 Å². The molecule has 0 N–H and O–H groups in total. The zero-order valence-electron chi connectivity index (χ0n) is 4.90. The summed E-state index contributed by atoms with van der Waals surface area (Å²) in [6, 6.07) is 1.81. The van der Waals surface area contributed by atoms with Gasteiger partial charge < -0.3 is 0 Å². The fraction of sp³-hybridized carbons (Fsp3) is 0. The molecule has 0 aliphatic rings. The van der Waals surface area contributed by atoms with Gasteiger partial charge in [-0.15, -0.1) is 22.7 Å². The molecule has 0 radical (unpaired) electrons. The molecule has 0 saturated carbocycles.